The summed E-state index contributed by atoms with van der Waals surface area (Å²) in [7, 11) is 0. The van der Waals surface area contributed by atoms with Crippen LogP contribution >= 0.6 is 0 Å². The zero-order valence-corrected chi connectivity index (χ0v) is 8.71. The van der Waals surface area contributed by atoms with Gasteiger partial charge in [-0.2, -0.15) is 0 Å². The van der Waals surface area contributed by atoms with Gasteiger partial charge >= 0.3 is 0 Å². The molecule has 0 aromatic carbocycles. The molecular weight excluding hydrogens is 160 g/mol. The van der Waals surface area contributed by atoms with Crippen LogP contribution in [0.3, 0.4) is 0 Å². The molecule has 0 saturated heterocycles. The molecule has 0 spiro atoms. The summed E-state index contributed by atoms with van der Waals surface area (Å²) in [6.45, 7) is 2.33. The van der Waals surface area contributed by atoms with Crippen LogP contribution in [0.15, 0.2) is 0 Å². The Balaban J connectivity index is 1.73. The molecule has 0 heterocycles. The molecule has 2 aliphatic carbocycles. The fourth-order valence-electron chi connectivity index (χ4n) is 2.65. The summed E-state index contributed by atoms with van der Waals surface area (Å²) in [5.74, 6) is 2.52. The average molecular weight is 182 g/mol. The first-order valence-electron chi connectivity index (χ1n) is 5.93. The average Bonchev–Trinajstić information content (AvgIpc) is 2.90. The van der Waals surface area contributed by atoms with Gasteiger partial charge in [0.2, 0.25) is 0 Å². The molecule has 2 rings (SSSR count). The minimum atomic E-state index is 0.0231. The van der Waals surface area contributed by atoms with Gasteiger partial charge in [0.05, 0.1) is 6.10 Å². The van der Waals surface area contributed by atoms with Crippen molar-refractivity contribution < 1.29 is 5.11 Å². The van der Waals surface area contributed by atoms with Crippen molar-refractivity contribution in [2.24, 2.45) is 17.8 Å². The summed E-state index contributed by atoms with van der Waals surface area (Å²) in [5, 5.41) is 9.82. The molecule has 0 aliphatic heterocycles. The second-order valence-corrected chi connectivity index (χ2v) is 5.27. The van der Waals surface area contributed by atoms with Crippen LogP contribution in [0.5, 0.6) is 0 Å². The van der Waals surface area contributed by atoms with Crippen molar-refractivity contribution in [2.45, 2.75) is 58.0 Å². The van der Waals surface area contributed by atoms with Crippen LogP contribution in [-0.4, -0.2) is 11.2 Å². The van der Waals surface area contributed by atoms with Crippen molar-refractivity contribution in [1.82, 2.24) is 0 Å². The van der Waals surface area contributed by atoms with Crippen LogP contribution in [0.1, 0.15) is 51.9 Å². The van der Waals surface area contributed by atoms with E-state index in [1.807, 2.05) is 0 Å². The maximum Gasteiger partial charge on any atom is 0.0568 e. The minimum Gasteiger partial charge on any atom is -0.393 e. The van der Waals surface area contributed by atoms with E-state index in [0.717, 1.165) is 18.3 Å². The normalized spacial score (nSPS) is 40.6. The number of aliphatic hydroxyl groups excluding tert-OH is 1. The Morgan fingerprint density at radius 3 is 2.54 bits per heavy atom. The van der Waals surface area contributed by atoms with Crippen LogP contribution < -0.4 is 0 Å². The standard InChI is InChI=1S/C12H22O/c1-9-2-7-12(13)11(8-9)6-5-10-3-4-10/h9-13H,2-8H2,1H3. The Bertz CT molecular complexity index is 163. The maximum atomic E-state index is 9.82. The van der Waals surface area contributed by atoms with Crippen molar-refractivity contribution in [1.29, 1.82) is 0 Å². The molecule has 0 amide bonds. The van der Waals surface area contributed by atoms with Crippen molar-refractivity contribution in [2.75, 3.05) is 0 Å². The smallest absolute Gasteiger partial charge is 0.0568 e. The summed E-state index contributed by atoms with van der Waals surface area (Å²) in [6.07, 6.45) is 9.17. The van der Waals surface area contributed by atoms with Crippen LogP contribution in [0, 0.1) is 17.8 Å². The first kappa shape index (κ1) is 9.51. The van der Waals surface area contributed by atoms with E-state index in [1.54, 1.807) is 0 Å². The number of hydrogen-bond donors (Lipinski definition) is 1. The molecule has 3 unspecified atom stereocenters. The van der Waals surface area contributed by atoms with Gasteiger partial charge in [0.1, 0.15) is 0 Å². The van der Waals surface area contributed by atoms with Crippen molar-refractivity contribution >= 4 is 0 Å². The molecule has 76 valence electrons. The molecule has 1 heteroatoms. The highest BCUT2D eigenvalue weighted by atomic mass is 16.3. The molecule has 0 aromatic heterocycles. The van der Waals surface area contributed by atoms with Gasteiger partial charge in [0, 0.05) is 0 Å². The fourth-order valence-corrected chi connectivity index (χ4v) is 2.65. The monoisotopic (exact) mass is 182 g/mol. The predicted molar refractivity (Wildman–Crippen MR) is 54.5 cm³/mol. The Hall–Kier alpha value is -0.0400. The van der Waals surface area contributed by atoms with E-state index in [0.29, 0.717) is 5.92 Å². The van der Waals surface area contributed by atoms with Gasteiger partial charge in [0.15, 0.2) is 0 Å². The zero-order chi connectivity index (χ0) is 9.26. The fraction of sp³-hybridized carbons (Fsp3) is 1.00. The summed E-state index contributed by atoms with van der Waals surface area (Å²) in [5.41, 5.74) is 0. The highest BCUT2D eigenvalue weighted by Crippen LogP contribution is 2.38. The molecular formula is C12H22O. The predicted octanol–water partition coefficient (Wildman–Crippen LogP) is 2.97. The molecule has 0 aromatic rings. The quantitative estimate of drug-likeness (QED) is 0.711. The molecule has 2 aliphatic rings. The van der Waals surface area contributed by atoms with Crippen molar-refractivity contribution in [3.8, 4) is 0 Å². The Kier molecular flexibility index (Phi) is 2.92. The highest BCUT2D eigenvalue weighted by molar-refractivity contribution is 4.81. The van der Waals surface area contributed by atoms with Gasteiger partial charge in [-0.3, -0.25) is 0 Å². The second kappa shape index (κ2) is 4.00. The lowest BCUT2D eigenvalue weighted by Crippen LogP contribution is -2.28. The maximum absolute atomic E-state index is 9.82. The highest BCUT2D eigenvalue weighted by Gasteiger charge is 2.29. The van der Waals surface area contributed by atoms with E-state index >= 15 is 0 Å². The lowest BCUT2D eigenvalue weighted by molar-refractivity contribution is 0.0457. The van der Waals surface area contributed by atoms with Gasteiger partial charge in [-0.15, -0.1) is 0 Å². The molecule has 1 N–H and O–H groups in total. The Morgan fingerprint density at radius 2 is 1.85 bits per heavy atom. The lowest BCUT2D eigenvalue weighted by atomic mass is 9.78. The van der Waals surface area contributed by atoms with Crippen molar-refractivity contribution in [3.63, 3.8) is 0 Å². The molecule has 3 atom stereocenters. The third-order valence-corrected chi connectivity index (χ3v) is 3.85. The van der Waals surface area contributed by atoms with Crippen LogP contribution in [0.25, 0.3) is 0 Å². The number of hydrogen-bond acceptors (Lipinski definition) is 1. The van der Waals surface area contributed by atoms with Crippen LogP contribution in [-0.2, 0) is 0 Å². The van der Waals surface area contributed by atoms with Gasteiger partial charge < -0.3 is 5.11 Å². The summed E-state index contributed by atoms with van der Waals surface area (Å²) in [4.78, 5) is 0. The molecule has 13 heavy (non-hydrogen) atoms. The number of rotatable bonds is 3. The first-order chi connectivity index (χ1) is 6.25. The molecule has 2 fully saturated rings. The Labute approximate surface area is 81.5 Å². The summed E-state index contributed by atoms with van der Waals surface area (Å²) < 4.78 is 0. The molecule has 0 radical (unpaired) electrons. The van der Waals surface area contributed by atoms with Gasteiger partial charge in [-0.1, -0.05) is 26.2 Å². The topological polar surface area (TPSA) is 20.2 Å². The molecule has 1 nitrogen and oxygen atoms in total. The Morgan fingerprint density at radius 1 is 1.08 bits per heavy atom. The second-order valence-electron chi connectivity index (χ2n) is 5.27. The molecule has 0 bridgehead atoms. The van der Waals surface area contributed by atoms with E-state index in [2.05, 4.69) is 6.92 Å². The summed E-state index contributed by atoms with van der Waals surface area (Å²) in [6, 6.07) is 0. The van der Waals surface area contributed by atoms with Gasteiger partial charge in [0.25, 0.3) is 0 Å². The minimum absolute atomic E-state index is 0.0231. The van der Waals surface area contributed by atoms with E-state index in [4.69, 9.17) is 0 Å². The largest absolute Gasteiger partial charge is 0.393 e. The van der Waals surface area contributed by atoms with E-state index in [1.165, 1.54) is 38.5 Å². The SMILES string of the molecule is CC1CCC(O)C(CCC2CC2)C1. The third kappa shape index (κ3) is 2.70. The summed E-state index contributed by atoms with van der Waals surface area (Å²) >= 11 is 0. The van der Waals surface area contributed by atoms with E-state index in [9.17, 15) is 5.11 Å². The van der Waals surface area contributed by atoms with E-state index < -0.39 is 0 Å². The molecule has 2 saturated carbocycles. The third-order valence-electron chi connectivity index (χ3n) is 3.85. The van der Waals surface area contributed by atoms with Crippen LogP contribution in [0.4, 0.5) is 0 Å². The van der Waals surface area contributed by atoms with Crippen LogP contribution in [0.2, 0.25) is 0 Å². The van der Waals surface area contributed by atoms with E-state index in [-0.39, 0.29) is 6.10 Å². The first-order valence-corrected chi connectivity index (χ1v) is 5.93. The lowest BCUT2D eigenvalue weighted by Gasteiger charge is -2.31. The number of aliphatic hydroxyl groups is 1. The zero-order valence-electron chi connectivity index (χ0n) is 8.71. The van der Waals surface area contributed by atoms with Gasteiger partial charge in [-0.05, 0) is 43.4 Å². The van der Waals surface area contributed by atoms with Crippen molar-refractivity contribution in [3.05, 3.63) is 0 Å². The van der Waals surface area contributed by atoms with Gasteiger partial charge in [-0.25, -0.2) is 0 Å².